The number of benzene rings is 2. The fraction of sp³-hybridized carbons (Fsp3) is 0.385. The Labute approximate surface area is 215 Å². The molecule has 11 heteroatoms. The fourth-order valence-electron chi connectivity index (χ4n) is 3.15. The van der Waals surface area contributed by atoms with Crippen LogP contribution in [0.2, 0.25) is 0 Å². The maximum Gasteiger partial charge on any atom is 0.417 e. The van der Waals surface area contributed by atoms with Gasteiger partial charge in [0.05, 0.1) is 0 Å². The van der Waals surface area contributed by atoms with E-state index in [1.807, 2.05) is 36.4 Å². The predicted octanol–water partition coefficient (Wildman–Crippen LogP) is 0.328. The standard InChI is InChI=1S/C26H33N3O7.H2O/c1-19(23(30)28-14-8-11-20-9-4-2-5-10-20)24(31)29-16-15-27-17-22(36-26(34)25(32)33)18-35-21-12-6-3-7-13-21;/h2-7,9-10,12-13,19,22,27H,8,11,14-18H2,1H3,(H,28,30)(H,29,31)(H,32,33);1H2. The highest BCUT2D eigenvalue weighted by molar-refractivity contribution is 6.28. The van der Waals surface area contributed by atoms with Crippen LogP contribution in [0.1, 0.15) is 18.9 Å². The summed E-state index contributed by atoms with van der Waals surface area (Å²) in [7, 11) is 0. The third-order valence-corrected chi connectivity index (χ3v) is 5.17. The van der Waals surface area contributed by atoms with Crippen molar-refractivity contribution in [1.82, 2.24) is 16.0 Å². The van der Waals surface area contributed by atoms with Gasteiger partial charge >= 0.3 is 11.9 Å². The van der Waals surface area contributed by atoms with E-state index in [0.717, 1.165) is 12.8 Å². The lowest BCUT2D eigenvalue weighted by Gasteiger charge is -2.18. The van der Waals surface area contributed by atoms with Crippen molar-refractivity contribution in [2.75, 3.05) is 32.8 Å². The number of hydrogen-bond acceptors (Lipinski definition) is 7. The van der Waals surface area contributed by atoms with Crippen LogP contribution in [0.3, 0.4) is 0 Å². The van der Waals surface area contributed by atoms with E-state index < -0.39 is 29.9 Å². The van der Waals surface area contributed by atoms with Crippen LogP contribution in [0.5, 0.6) is 5.75 Å². The first kappa shape index (κ1) is 31.1. The topological polar surface area (TPSA) is 175 Å². The van der Waals surface area contributed by atoms with Crippen molar-refractivity contribution in [1.29, 1.82) is 0 Å². The maximum atomic E-state index is 12.3. The zero-order valence-electron chi connectivity index (χ0n) is 20.8. The van der Waals surface area contributed by atoms with Crippen LogP contribution in [0.25, 0.3) is 0 Å². The Morgan fingerprint density at radius 3 is 2.08 bits per heavy atom. The molecule has 0 saturated heterocycles. The van der Waals surface area contributed by atoms with E-state index in [0.29, 0.717) is 18.8 Å². The minimum Gasteiger partial charge on any atom is -0.490 e. The quantitative estimate of drug-likeness (QED) is 0.113. The van der Waals surface area contributed by atoms with E-state index in [-0.39, 0.29) is 31.1 Å². The lowest BCUT2D eigenvalue weighted by Crippen LogP contribution is -2.43. The highest BCUT2D eigenvalue weighted by Crippen LogP contribution is 2.09. The van der Waals surface area contributed by atoms with E-state index in [9.17, 15) is 19.2 Å². The van der Waals surface area contributed by atoms with Gasteiger partial charge < -0.3 is 36.0 Å². The molecule has 0 aliphatic heterocycles. The molecule has 2 unspecified atom stereocenters. The Balaban J connectivity index is 0.00000684. The number of aliphatic carboxylic acids is 1. The second-order valence-electron chi connectivity index (χ2n) is 8.05. The number of rotatable bonds is 15. The summed E-state index contributed by atoms with van der Waals surface area (Å²) in [4.78, 5) is 46.7. The van der Waals surface area contributed by atoms with Gasteiger partial charge in [0.2, 0.25) is 11.8 Å². The van der Waals surface area contributed by atoms with Gasteiger partial charge in [0.15, 0.2) is 0 Å². The number of nitrogens with one attached hydrogen (secondary N) is 3. The van der Waals surface area contributed by atoms with Crippen molar-refractivity contribution in [2.24, 2.45) is 5.92 Å². The SMILES string of the molecule is CC(C(=O)NCCCc1ccccc1)C(=O)NCCNCC(COc1ccccc1)OC(=O)C(=O)O.O. The highest BCUT2D eigenvalue weighted by Gasteiger charge is 2.22. The molecule has 2 amide bonds. The van der Waals surface area contributed by atoms with Crippen LogP contribution >= 0.6 is 0 Å². The first-order chi connectivity index (χ1) is 17.4. The number of carboxylic acid groups (broad SMARTS) is 1. The van der Waals surface area contributed by atoms with Crippen molar-refractivity contribution in [2.45, 2.75) is 25.9 Å². The summed E-state index contributed by atoms with van der Waals surface area (Å²) in [5.74, 6) is -4.11. The fourth-order valence-corrected chi connectivity index (χ4v) is 3.15. The van der Waals surface area contributed by atoms with E-state index in [1.165, 1.54) is 12.5 Å². The van der Waals surface area contributed by atoms with Gasteiger partial charge in [0.1, 0.15) is 24.4 Å². The zero-order chi connectivity index (χ0) is 26.2. The van der Waals surface area contributed by atoms with Crippen LogP contribution in [-0.4, -0.2) is 73.2 Å². The molecule has 2 aromatic rings. The number of esters is 1. The Kier molecular flexibility index (Phi) is 14.7. The van der Waals surface area contributed by atoms with Gasteiger partial charge in [-0.25, -0.2) is 9.59 Å². The first-order valence-electron chi connectivity index (χ1n) is 11.8. The van der Waals surface area contributed by atoms with Crippen LogP contribution in [0.4, 0.5) is 0 Å². The molecule has 0 heterocycles. The monoisotopic (exact) mass is 517 g/mol. The molecular weight excluding hydrogens is 482 g/mol. The summed E-state index contributed by atoms with van der Waals surface area (Å²) in [6.45, 7) is 2.61. The number of aryl methyl sites for hydroxylation is 1. The van der Waals surface area contributed by atoms with Gasteiger partial charge in [-0.15, -0.1) is 0 Å². The number of para-hydroxylation sites is 1. The molecule has 0 aliphatic rings. The largest absolute Gasteiger partial charge is 0.490 e. The molecule has 2 rings (SSSR count). The summed E-state index contributed by atoms with van der Waals surface area (Å²) >= 11 is 0. The molecule has 0 spiro atoms. The van der Waals surface area contributed by atoms with Crippen molar-refractivity contribution >= 4 is 23.8 Å². The van der Waals surface area contributed by atoms with Crippen molar-refractivity contribution in [3.63, 3.8) is 0 Å². The Hall–Kier alpha value is -3.96. The van der Waals surface area contributed by atoms with Crippen molar-refractivity contribution in [3.05, 3.63) is 66.2 Å². The summed E-state index contributed by atoms with van der Waals surface area (Å²) in [6.07, 6.45) is 0.757. The third-order valence-electron chi connectivity index (χ3n) is 5.17. The third kappa shape index (κ3) is 12.5. The molecule has 202 valence electrons. The summed E-state index contributed by atoms with van der Waals surface area (Å²) < 4.78 is 10.5. The van der Waals surface area contributed by atoms with Crippen molar-refractivity contribution in [3.8, 4) is 5.75 Å². The molecule has 2 atom stereocenters. The number of carboxylic acids is 1. The molecule has 11 nitrogen and oxygen atoms in total. The number of amides is 2. The lowest BCUT2D eigenvalue weighted by atomic mass is 10.1. The lowest BCUT2D eigenvalue weighted by molar-refractivity contribution is -0.168. The Bertz CT molecular complexity index is 972. The number of ether oxygens (including phenoxy) is 2. The van der Waals surface area contributed by atoms with Crippen LogP contribution in [-0.2, 0) is 30.3 Å². The molecule has 0 radical (unpaired) electrons. The van der Waals surface area contributed by atoms with Crippen molar-refractivity contribution < 1.29 is 39.2 Å². The summed E-state index contributed by atoms with van der Waals surface area (Å²) in [5, 5.41) is 17.2. The second-order valence-corrected chi connectivity index (χ2v) is 8.05. The molecule has 0 bridgehead atoms. The minimum atomic E-state index is -1.70. The van der Waals surface area contributed by atoms with Crippen LogP contribution in [0.15, 0.2) is 60.7 Å². The Morgan fingerprint density at radius 1 is 0.865 bits per heavy atom. The summed E-state index contributed by atoms with van der Waals surface area (Å²) in [5.41, 5.74) is 1.19. The smallest absolute Gasteiger partial charge is 0.417 e. The Morgan fingerprint density at radius 2 is 1.46 bits per heavy atom. The van der Waals surface area contributed by atoms with Gasteiger partial charge in [0.25, 0.3) is 0 Å². The molecule has 0 aromatic heterocycles. The zero-order valence-corrected chi connectivity index (χ0v) is 20.8. The van der Waals surface area contributed by atoms with Crippen LogP contribution < -0.4 is 20.7 Å². The van der Waals surface area contributed by atoms with E-state index in [1.54, 1.807) is 24.3 Å². The summed E-state index contributed by atoms with van der Waals surface area (Å²) in [6, 6.07) is 18.8. The van der Waals surface area contributed by atoms with E-state index in [2.05, 4.69) is 16.0 Å². The normalized spacial score (nSPS) is 11.8. The average Bonchev–Trinajstić information content (AvgIpc) is 2.89. The molecule has 0 fully saturated rings. The maximum absolute atomic E-state index is 12.3. The molecule has 6 N–H and O–H groups in total. The molecule has 2 aromatic carbocycles. The predicted molar refractivity (Wildman–Crippen MR) is 136 cm³/mol. The highest BCUT2D eigenvalue weighted by atomic mass is 16.6. The molecular formula is C26H35N3O8. The number of carbonyl (C=O) groups excluding carboxylic acids is 3. The number of carbonyl (C=O) groups is 4. The van der Waals surface area contributed by atoms with E-state index in [4.69, 9.17) is 14.6 Å². The van der Waals surface area contributed by atoms with Gasteiger partial charge in [-0.3, -0.25) is 9.59 Å². The van der Waals surface area contributed by atoms with Gasteiger partial charge in [-0.1, -0.05) is 48.5 Å². The molecule has 0 saturated carbocycles. The average molecular weight is 518 g/mol. The minimum absolute atomic E-state index is 0. The second kappa shape index (κ2) is 17.5. The molecule has 0 aliphatic carbocycles. The van der Waals surface area contributed by atoms with E-state index >= 15 is 0 Å². The number of hydrogen-bond donors (Lipinski definition) is 4. The molecule has 37 heavy (non-hydrogen) atoms. The van der Waals surface area contributed by atoms with Gasteiger partial charge in [-0.05, 0) is 37.5 Å². The van der Waals surface area contributed by atoms with Gasteiger partial charge in [0, 0.05) is 26.2 Å². The first-order valence-corrected chi connectivity index (χ1v) is 11.8. The van der Waals surface area contributed by atoms with Gasteiger partial charge in [-0.2, -0.15) is 0 Å². The van der Waals surface area contributed by atoms with Crippen LogP contribution in [0, 0.1) is 5.92 Å².